The number of carbonyl (C=O) groups is 1. The highest BCUT2D eigenvalue weighted by molar-refractivity contribution is 5.85. The average molecular weight is 155 g/mol. The van der Waals surface area contributed by atoms with E-state index in [1.54, 1.807) is 0 Å². The van der Waals surface area contributed by atoms with Crippen LogP contribution in [0.1, 0.15) is 6.42 Å². The highest BCUT2D eigenvalue weighted by Gasteiger charge is 2.07. The van der Waals surface area contributed by atoms with E-state index in [1.807, 2.05) is 0 Å². The van der Waals surface area contributed by atoms with Crippen LogP contribution in [-0.4, -0.2) is 23.7 Å². The topological polar surface area (TPSA) is 89.3 Å². The molecule has 0 amide bonds. The van der Waals surface area contributed by atoms with Gasteiger partial charge in [0.1, 0.15) is 6.04 Å². The van der Waals surface area contributed by atoms with Crippen molar-refractivity contribution in [3.05, 3.63) is 0 Å². The fourth-order valence-electron chi connectivity index (χ4n) is 0.303. The molecule has 0 bridgehead atoms. The van der Waals surface area contributed by atoms with Crippen molar-refractivity contribution in [1.29, 1.82) is 0 Å². The number of rotatable bonds is 3. The second-order valence-electron chi connectivity index (χ2n) is 1.52. The number of carboxylic acids is 1. The van der Waals surface area contributed by atoms with E-state index in [0.717, 1.165) is 0 Å². The van der Waals surface area contributed by atoms with E-state index >= 15 is 0 Å². The van der Waals surface area contributed by atoms with Gasteiger partial charge in [-0.1, -0.05) is 0 Å². The van der Waals surface area contributed by atoms with Crippen LogP contribution in [-0.2, 0) is 4.79 Å². The van der Waals surface area contributed by atoms with Gasteiger partial charge in [0.15, 0.2) is 0 Å². The summed E-state index contributed by atoms with van der Waals surface area (Å²) in [5.74, 6) is -0.990. The van der Waals surface area contributed by atoms with E-state index in [-0.39, 0.29) is 12.4 Å². The Morgan fingerprint density at radius 3 is 2.22 bits per heavy atom. The van der Waals surface area contributed by atoms with Crippen LogP contribution in [0.15, 0.2) is 0 Å². The van der Waals surface area contributed by atoms with E-state index in [9.17, 15) is 4.79 Å². The molecule has 0 aromatic rings. The van der Waals surface area contributed by atoms with E-state index in [0.29, 0.717) is 13.0 Å². The predicted molar refractivity (Wildman–Crippen MR) is 36.5 cm³/mol. The van der Waals surface area contributed by atoms with Gasteiger partial charge < -0.3 is 16.6 Å². The largest absolute Gasteiger partial charge is 0.480 e. The van der Waals surface area contributed by atoms with Crippen molar-refractivity contribution in [2.45, 2.75) is 12.5 Å². The maximum Gasteiger partial charge on any atom is 0.320 e. The van der Waals surface area contributed by atoms with Crippen LogP contribution < -0.4 is 11.5 Å². The summed E-state index contributed by atoms with van der Waals surface area (Å²) >= 11 is 0. The van der Waals surface area contributed by atoms with Crippen LogP contribution in [0.4, 0.5) is 0 Å². The molecule has 1 atom stereocenters. The number of halogens is 1. The molecule has 0 radical (unpaired) electrons. The lowest BCUT2D eigenvalue weighted by Crippen LogP contribution is -2.32. The van der Waals surface area contributed by atoms with Crippen molar-refractivity contribution in [1.82, 2.24) is 0 Å². The standard InChI is InChI=1S/C4H10N2O2.ClH/c5-2-1-3(6)4(7)8;/h3H,1-2,5-6H2,(H,7,8);1H/t3-;/m1./s1. The average Bonchev–Trinajstić information content (AvgIpc) is 1.67. The number of aliphatic carboxylic acids is 1. The van der Waals surface area contributed by atoms with Crippen LogP contribution in [0, 0.1) is 0 Å². The normalized spacial score (nSPS) is 11.8. The first kappa shape index (κ1) is 11.5. The van der Waals surface area contributed by atoms with E-state index in [4.69, 9.17) is 16.6 Å². The third kappa shape index (κ3) is 5.55. The molecular formula is C4H11ClN2O2. The summed E-state index contributed by atoms with van der Waals surface area (Å²) in [6, 6.07) is -0.792. The van der Waals surface area contributed by atoms with Crippen LogP contribution in [0.5, 0.6) is 0 Å². The van der Waals surface area contributed by atoms with Crippen LogP contribution in [0.2, 0.25) is 0 Å². The molecule has 0 rings (SSSR count). The molecule has 0 unspecified atom stereocenters. The van der Waals surface area contributed by atoms with E-state index < -0.39 is 12.0 Å². The third-order valence-electron chi connectivity index (χ3n) is 0.795. The van der Waals surface area contributed by atoms with Gasteiger partial charge in [-0.15, -0.1) is 12.4 Å². The summed E-state index contributed by atoms with van der Waals surface area (Å²) in [5, 5.41) is 8.13. The van der Waals surface area contributed by atoms with Crippen molar-refractivity contribution < 1.29 is 9.90 Å². The molecule has 0 aliphatic heterocycles. The van der Waals surface area contributed by atoms with Gasteiger partial charge in [0.2, 0.25) is 0 Å². The molecule has 0 saturated heterocycles. The zero-order valence-electron chi connectivity index (χ0n) is 4.91. The zero-order chi connectivity index (χ0) is 6.57. The molecule has 56 valence electrons. The Kier molecular flexibility index (Phi) is 7.41. The molecule has 5 heteroatoms. The zero-order valence-corrected chi connectivity index (χ0v) is 5.73. The van der Waals surface area contributed by atoms with Gasteiger partial charge in [0.05, 0.1) is 0 Å². The molecule has 5 N–H and O–H groups in total. The Morgan fingerprint density at radius 2 is 2.11 bits per heavy atom. The minimum atomic E-state index is -0.990. The first-order valence-electron chi connectivity index (χ1n) is 2.37. The van der Waals surface area contributed by atoms with Crippen LogP contribution in [0.25, 0.3) is 0 Å². The molecule has 4 nitrogen and oxygen atoms in total. The van der Waals surface area contributed by atoms with Gasteiger partial charge in [-0.3, -0.25) is 4.79 Å². The monoisotopic (exact) mass is 154 g/mol. The second kappa shape index (κ2) is 5.81. The van der Waals surface area contributed by atoms with E-state index in [1.165, 1.54) is 0 Å². The van der Waals surface area contributed by atoms with Crippen LogP contribution in [0.3, 0.4) is 0 Å². The Balaban J connectivity index is 0. The summed E-state index contributed by atoms with van der Waals surface area (Å²) in [4.78, 5) is 9.91. The second-order valence-corrected chi connectivity index (χ2v) is 1.52. The third-order valence-corrected chi connectivity index (χ3v) is 0.795. The number of nitrogens with two attached hydrogens (primary N) is 2. The van der Waals surface area contributed by atoms with Gasteiger partial charge in [0, 0.05) is 0 Å². The van der Waals surface area contributed by atoms with Gasteiger partial charge in [-0.2, -0.15) is 0 Å². The summed E-state index contributed by atoms with van der Waals surface area (Å²) in [5.41, 5.74) is 10.1. The first-order valence-corrected chi connectivity index (χ1v) is 2.37. The fraction of sp³-hybridized carbons (Fsp3) is 0.750. The van der Waals surface area contributed by atoms with Gasteiger partial charge in [-0.05, 0) is 13.0 Å². The first-order chi connectivity index (χ1) is 3.68. The van der Waals surface area contributed by atoms with Crippen molar-refractivity contribution in [2.75, 3.05) is 6.54 Å². The molecule has 0 aromatic heterocycles. The maximum absolute atomic E-state index is 9.91. The predicted octanol–water partition coefficient (Wildman–Crippen LogP) is -0.831. The molecule has 0 aromatic carbocycles. The number of carboxylic acid groups (broad SMARTS) is 1. The molecular weight excluding hydrogens is 144 g/mol. The highest BCUT2D eigenvalue weighted by atomic mass is 35.5. The van der Waals surface area contributed by atoms with Crippen LogP contribution >= 0.6 is 12.4 Å². The summed E-state index contributed by atoms with van der Waals surface area (Å²) in [7, 11) is 0. The Labute approximate surface area is 59.6 Å². The smallest absolute Gasteiger partial charge is 0.320 e. The Bertz CT molecular complexity index is 88.6. The van der Waals surface area contributed by atoms with Gasteiger partial charge in [-0.25, -0.2) is 0 Å². The highest BCUT2D eigenvalue weighted by Crippen LogP contribution is 1.82. The molecule has 0 spiro atoms. The molecule has 0 heterocycles. The number of hydrogen-bond donors (Lipinski definition) is 3. The van der Waals surface area contributed by atoms with Crippen molar-refractivity contribution in [3.8, 4) is 0 Å². The van der Waals surface area contributed by atoms with Crippen molar-refractivity contribution >= 4 is 18.4 Å². The van der Waals surface area contributed by atoms with Gasteiger partial charge in [0.25, 0.3) is 0 Å². The molecule has 0 aliphatic rings. The SMILES string of the molecule is Cl.NCC[C@@H](N)C(=O)O. The molecule has 0 aliphatic carbocycles. The lowest BCUT2D eigenvalue weighted by atomic mass is 10.2. The minimum Gasteiger partial charge on any atom is -0.480 e. The summed E-state index contributed by atoms with van der Waals surface area (Å²) < 4.78 is 0. The molecule has 0 saturated carbocycles. The summed E-state index contributed by atoms with van der Waals surface area (Å²) in [6.07, 6.45) is 0.343. The molecule has 0 fully saturated rings. The Morgan fingerprint density at radius 1 is 1.67 bits per heavy atom. The van der Waals surface area contributed by atoms with Crippen molar-refractivity contribution in [3.63, 3.8) is 0 Å². The van der Waals surface area contributed by atoms with Crippen molar-refractivity contribution in [2.24, 2.45) is 11.5 Å². The van der Waals surface area contributed by atoms with E-state index in [2.05, 4.69) is 0 Å². The Hall–Kier alpha value is -0.320. The quantitative estimate of drug-likeness (QED) is 0.495. The lowest BCUT2D eigenvalue weighted by molar-refractivity contribution is -0.138. The fourth-order valence-corrected chi connectivity index (χ4v) is 0.303. The lowest BCUT2D eigenvalue weighted by Gasteiger charge is -2.00. The summed E-state index contributed by atoms with van der Waals surface area (Å²) in [6.45, 7) is 0.327. The minimum absolute atomic E-state index is 0. The van der Waals surface area contributed by atoms with Gasteiger partial charge >= 0.3 is 5.97 Å². The molecule has 9 heavy (non-hydrogen) atoms. The maximum atomic E-state index is 9.91. The number of hydrogen-bond acceptors (Lipinski definition) is 3.